The van der Waals surface area contributed by atoms with E-state index in [0.29, 0.717) is 6.61 Å². The molecule has 1 N–H and O–H groups in total. The number of rotatable bonds is 4. The average molecular weight is 216 g/mol. The van der Waals surface area contributed by atoms with Gasteiger partial charge in [0.2, 0.25) is 0 Å². The zero-order chi connectivity index (χ0) is 11.4. The van der Waals surface area contributed by atoms with Gasteiger partial charge in [0.25, 0.3) is 0 Å². The first-order valence-electron chi connectivity index (χ1n) is 5.53. The van der Waals surface area contributed by atoms with Crippen LogP contribution in [0.3, 0.4) is 0 Å². The van der Waals surface area contributed by atoms with E-state index in [2.05, 4.69) is 24.3 Å². The molecule has 16 heavy (non-hydrogen) atoms. The van der Waals surface area contributed by atoms with Gasteiger partial charge in [-0.25, -0.2) is 0 Å². The standard InChI is InChI=1S/C14H16O2/c1-11(16-10-9-15)13-8-4-6-12-5-2-3-7-14(12)13/h2-8,11,15H,9-10H2,1H3. The largest absolute Gasteiger partial charge is 0.394 e. The van der Waals surface area contributed by atoms with Gasteiger partial charge in [-0.3, -0.25) is 0 Å². The second-order valence-electron chi connectivity index (χ2n) is 3.81. The van der Waals surface area contributed by atoms with Crippen molar-refractivity contribution in [1.82, 2.24) is 0 Å². The van der Waals surface area contributed by atoms with E-state index in [1.54, 1.807) is 0 Å². The summed E-state index contributed by atoms with van der Waals surface area (Å²) in [6.07, 6.45) is 0.0123. The van der Waals surface area contributed by atoms with Gasteiger partial charge < -0.3 is 9.84 Å². The lowest BCUT2D eigenvalue weighted by Crippen LogP contribution is -2.04. The van der Waals surface area contributed by atoms with Gasteiger partial charge in [0.05, 0.1) is 19.3 Å². The number of benzene rings is 2. The van der Waals surface area contributed by atoms with Crippen LogP contribution in [0.25, 0.3) is 10.8 Å². The summed E-state index contributed by atoms with van der Waals surface area (Å²) in [5.74, 6) is 0. The van der Waals surface area contributed by atoms with E-state index in [-0.39, 0.29) is 12.7 Å². The van der Waals surface area contributed by atoms with E-state index in [9.17, 15) is 0 Å². The summed E-state index contributed by atoms with van der Waals surface area (Å²) in [6.45, 7) is 2.46. The van der Waals surface area contributed by atoms with E-state index < -0.39 is 0 Å². The normalized spacial score (nSPS) is 12.9. The smallest absolute Gasteiger partial charge is 0.0803 e. The number of hydrogen-bond donors (Lipinski definition) is 1. The first-order chi connectivity index (χ1) is 7.83. The van der Waals surface area contributed by atoms with Crippen molar-refractivity contribution < 1.29 is 9.84 Å². The minimum atomic E-state index is 0.0123. The van der Waals surface area contributed by atoms with Gasteiger partial charge in [0.1, 0.15) is 0 Å². The zero-order valence-corrected chi connectivity index (χ0v) is 9.39. The molecule has 0 amide bonds. The van der Waals surface area contributed by atoms with Crippen molar-refractivity contribution in [2.24, 2.45) is 0 Å². The Labute approximate surface area is 95.5 Å². The highest BCUT2D eigenvalue weighted by Gasteiger charge is 2.08. The fourth-order valence-electron chi connectivity index (χ4n) is 1.92. The molecule has 2 rings (SSSR count). The van der Waals surface area contributed by atoms with Gasteiger partial charge in [-0.2, -0.15) is 0 Å². The molecule has 1 atom stereocenters. The van der Waals surface area contributed by atoms with E-state index >= 15 is 0 Å². The molecule has 2 heteroatoms. The maximum Gasteiger partial charge on any atom is 0.0803 e. The molecule has 84 valence electrons. The summed E-state index contributed by atoms with van der Waals surface area (Å²) in [5, 5.41) is 11.2. The highest BCUT2D eigenvalue weighted by molar-refractivity contribution is 5.85. The lowest BCUT2D eigenvalue weighted by Gasteiger charge is -2.15. The lowest BCUT2D eigenvalue weighted by atomic mass is 10.0. The van der Waals surface area contributed by atoms with Crippen molar-refractivity contribution >= 4 is 10.8 Å². The van der Waals surface area contributed by atoms with Crippen LogP contribution in [0.1, 0.15) is 18.6 Å². The number of fused-ring (bicyclic) bond motifs is 1. The highest BCUT2D eigenvalue weighted by Crippen LogP contribution is 2.25. The van der Waals surface area contributed by atoms with Crippen LogP contribution in [-0.2, 0) is 4.74 Å². The summed E-state index contributed by atoms with van der Waals surface area (Å²) in [4.78, 5) is 0. The van der Waals surface area contributed by atoms with Gasteiger partial charge in [-0.05, 0) is 23.3 Å². The van der Waals surface area contributed by atoms with Crippen molar-refractivity contribution in [3.8, 4) is 0 Å². The first-order valence-corrected chi connectivity index (χ1v) is 5.53. The quantitative estimate of drug-likeness (QED) is 0.851. The monoisotopic (exact) mass is 216 g/mol. The predicted molar refractivity (Wildman–Crippen MR) is 65.4 cm³/mol. The summed E-state index contributed by atoms with van der Waals surface area (Å²) in [6, 6.07) is 14.5. The van der Waals surface area contributed by atoms with Crippen LogP contribution >= 0.6 is 0 Å². The molecule has 0 radical (unpaired) electrons. The molecule has 0 aliphatic carbocycles. The van der Waals surface area contributed by atoms with Crippen LogP contribution in [0.4, 0.5) is 0 Å². The van der Waals surface area contributed by atoms with Crippen molar-refractivity contribution in [3.05, 3.63) is 48.0 Å². The maximum absolute atomic E-state index is 8.75. The molecule has 1 unspecified atom stereocenters. The molecule has 0 bridgehead atoms. The molecule has 2 aromatic carbocycles. The average Bonchev–Trinajstić information content (AvgIpc) is 2.35. The highest BCUT2D eigenvalue weighted by atomic mass is 16.5. The van der Waals surface area contributed by atoms with Gasteiger partial charge in [-0.15, -0.1) is 0 Å². The number of hydrogen-bond acceptors (Lipinski definition) is 2. The molecule has 0 saturated carbocycles. The van der Waals surface area contributed by atoms with E-state index in [0.717, 1.165) is 0 Å². The minimum Gasteiger partial charge on any atom is -0.394 e. The number of ether oxygens (including phenoxy) is 1. The van der Waals surface area contributed by atoms with Crippen LogP contribution < -0.4 is 0 Å². The Morgan fingerprint density at radius 1 is 1.12 bits per heavy atom. The van der Waals surface area contributed by atoms with Crippen molar-refractivity contribution in [1.29, 1.82) is 0 Å². The fourth-order valence-corrected chi connectivity index (χ4v) is 1.92. The molecular formula is C14H16O2. The Balaban J connectivity index is 2.36. The third-order valence-corrected chi connectivity index (χ3v) is 2.72. The summed E-state index contributed by atoms with van der Waals surface area (Å²) in [7, 11) is 0. The molecule has 0 saturated heterocycles. The summed E-state index contributed by atoms with van der Waals surface area (Å²) in [5.41, 5.74) is 1.17. The van der Waals surface area contributed by atoms with Gasteiger partial charge in [0.15, 0.2) is 0 Å². The Morgan fingerprint density at radius 2 is 1.88 bits per heavy atom. The molecule has 0 aliphatic heterocycles. The van der Waals surface area contributed by atoms with Gasteiger partial charge in [-0.1, -0.05) is 42.5 Å². The molecule has 0 heterocycles. The van der Waals surface area contributed by atoms with Gasteiger partial charge in [0, 0.05) is 0 Å². The number of aliphatic hydroxyl groups is 1. The molecular weight excluding hydrogens is 200 g/mol. The van der Waals surface area contributed by atoms with Gasteiger partial charge >= 0.3 is 0 Å². The van der Waals surface area contributed by atoms with E-state index in [4.69, 9.17) is 9.84 Å². The Morgan fingerprint density at radius 3 is 2.69 bits per heavy atom. The Bertz CT molecular complexity index is 460. The van der Waals surface area contributed by atoms with Crippen molar-refractivity contribution in [3.63, 3.8) is 0 Å². The second kappa shape index (κ2) is 5.10. The molecule has 0 aliphatic rings. The fraction of sp³-hybridized carbons (Fsp3) is 0.286. The predicted octanol–water partition coefficient (Wildman–Crippen LogP) is 2.91. The van der Waals surface area contributed by atoms with E-state index in [1.807, 2.05) is 25.1 Å². The second-order valence-corrected chi connectivity index (χ2v) is 3.81. The van der Waals surface area contributed by atoms with Crippen LogP contribution in [-0.4, -0.2) is 18.3 Å². The van der Waals surface area contributed by atoms with Crippen molar-refractivity contribution in [2.75, 3.05) is 13.2 Å². The first kappa shape index (κ1) is 11.1. The number of aliphatic hydroxyl groups excluding tert-OH is 1. The lowest BCUT2D eigenvalue weighted by molar-refractivity contribution is 0.0393. The van der Waals surface area contributed by atoms with Crippen LogP contribution in [0.5, 0.6) is 0 Å². The summed E-state index contributed by atoms with van der Waals surface area (Å²) < 4.78 is 5.54. The Kier molecular flexibility index (Phi) is 3.54. The van der Waals surface area contributed by atoms with Crippen LogP contribution in [0, 0.1) is 0 Å². The SMILES string of the molecule is CC(OCCO)c1cccc2ccccc12. The van der Waals surface area contributed by atoms with Crippen molar-refractivity contribution in [2.45, 2.75) is 13.0 Å². The van der Waals surface area contributed by atoms with Crippen LogP contribution in [0.2, 0.25) is 0 Å². The molecule has 0 spiro atoms. The minimum absolute atomic E-state index is 0.0123. The third kappa shape index (κ3) is 2.23. The summed E-state index contributed by atoms with van der Waals surface area (Å²) >= 11 is 0. The molecule has 2 aromatic rings. The molecule has 0 fully saturated rings. The van der Waals surface area contributed by atoms with E-state index in [1.165, 1.54) is 16.3 Å². The maximum atomic E-state index is 8.75. The molecule has 2 nitrogen and oxygen atoms in total. The molecule has 0 aromatic heterocycles. The van der Waals surface area contributed by atoms with Crippen LogP contribution in [0.15, 0.2) is 42.5 Å². The zero-order valence-electron chi connectivity index (χ0n) is 9.39. The third-order valence-electron chi connectivity index (χ3n) is 2.72. The topological polar surface area (TPSA) is 29.5 Å². The Hall–Kier alpha value is -1.38.